The molecule has 92 valence electrons. The minimum atomic E-state index is -4.09. The highest BCUT2D eigenvalue weighted by Crippen LogP contribution is 2.22. The topological polar surface area (TPSA) is 69.6 Å². The Morgan fingerprint density at radius 2 is 2.06 bits per heavy atom. The van der Waals surface area contributed by atoms with Gasteiger partial charge >= 0.3 is 6.18 Å². The molecule has 0 aromatic carbocycles. The van der Waals surface area contributed by atoms with Crippen LogP contribution < -0.4 is 5.73 Å². The molecule has 0 bridgehead atoms. The SMILES string of the molecule is CC(N)c1nnnn1CCCCC(F)(F)F. The Morgan fingerprint density at radius 1 is 1.38 bits per heavy atom. The largest absolute Gasteiger partial charge is 0.389 e. The second-order valence-electron chi connectivity index (χ2n) is 3.62. The standard InChI is InChI=1S/C8H14F3N5/c1-6(12)7-13-14-15-16(7)5-3-2-4-8(9,10)11/h6H,2-5,12H2,1H3. The summed E-state index contributed by atoms with van der Waals surface area (Å²) in [5.74, 6) is 0.493. The third-order valence-corrected chi connectivity index (χ3v) is 2.05. The van der Waals surface area contributed by atoms with Gasteiger partial charge in [0.25, 0.3) is 0 Å². The molecular formula is C8H14F3N5. The molecule has 1 aromatic heterocycles. The predicted octanol–water partition coefficient (Wildman–Crippen LogP) is 1.43. The van der Waals surface area contributed by atoms with Gasteiger partial charge in [-0.1, -0.05) is 0 Å². The Balaban J connectivity index is 2.35. The smallest absolute Gasteiger partial charge is 0.322 e. The fourth-order valence-corrected chi connectivity index (χ4v) is 1.28. The number of rotatable bonds is 5. The molecule has 2 N–H and O–H groups in total. The van der Waals surface area contributed by atoms with Crippen molar-refractivity contribution in [2.75, 3.05) is 0 Å². The van der Waals surface area contributed by atoms with Crippen LogP contribution in [-0.2, 0) is 6.54 Å². The molecule has 0 saturated heterocycles. The lowest BCUT2D eigenvalue weighted by Crippen LogP contribution is -2.15. The van der Waals surface area contributed by atoms with E-state index in [9.17, 15) is 13.2 Å². The summed E-state index contributed by atoms with van der Waals surface area (Å²) in [6, 6.07) is -0.322. The van der Waals surface area contributed by atoms with Crippen LogP contribution in [0.5, 0.6) is 0 Å². The molecule has 0 aliphatic carbocycles. The molecule has 0 fully saturated rings. The molecule has 0 saturated carbocycles. The zero-order chi connectivity index (χ0) is 12.2. The van der Waals surface area contributed by atoms with Crippen LogP contribution in [0.15, 0.2) is 0 Å². The van der Waals surface area contributed by atoms with Crippen molar-refractivity contribution in [1.29, 1.82) is 0 Å². The van der Waals surface area contributed by atoms with E-state index < -0.39 is 12.6 Å². The molecular weight excluding hydrogens is 223 g/mol. The van der Waals surface area contributed by atoms with Gasteiger partial charge < -0.3 is 5.73 Å². The number of nitrogens with zero attached hydrogens (tertiary/aromatic N) is 4. The molecule has 5 nitrogen and oxygen atoms in total. The van der Waals surface area contributed by atoms with E-state index in [-0.39, 0.29) is 12.5 Å². The molecule has 0 aliphatic rings. The highest BCUT2D eigenvalue weighted by atomic mass is 19.4. The zero-order valence-electron chi connectivity index (χ0n) is 8.91. The zero-order valence-corrected chi connectivity index (χ0v) is 8.91. The van der Waals surface area contributed by atoms with Crippen molar-refractivity contribution in [2.45, 2.75) is 44.9 Å². The first-order chi connectivity index (χ1) is 7.40. The Hall–Kier alpha value is -1.18. The number of tetrazole rings is 1. The molecule has 8 heteroatoms. The minimum Gasteiger partial charge on any atom is -0.322 e. The first-order valence-corrected chi connectivity index (χ1v) is 4.98. The molecule has 1 aromatic rings. The van der Waals surface area contributed by atoms with E-state index in [1.807, 2.05) is 0 Å². The predicted molar refractivity (Wildman–Crippen MR) is 50.3 cm³/mol. The normalized spacial score (nSPS) is 14.1. The third kappa shape index (κ3) is 4.13. The van der Waals surface area contributed by atoms with Crippen molar-refractivity contribution >= 4 is 0 Å². The monoisotopic (exact) mass is 237 g/mol. The van der Waals surface area contributed by atoms with Crippen LogP contribution in [-0.4, -0.2) is 26.4 Å². The van der Waals surface area contributed by atoms with Gasteiger partial charge in [-0.25, -0.2) is 4.68 Å². The van der Waals surface area contributed by atoms with Crippen molar-refractivity contribution in [3.63, 3.8) is 0 Å². The van der Waals surface area contributed by atoms with Crippen LogP contribution in [0.1, 0.15) is 38.1 Å². The van der Waals surface area contributed by atoms with E-state index in [2.05, 4.69) is 15.5 Å². The van der Waals surface area contributed by atoms with Gasteiger partial charge in [-0.2, -0.15) is 13.2 Å². The van der Waals surface area contributed by atoms with Crippen LogP contribution in [0.4, 0.5) is 13.2 Å². The summed E-state index contributed by atoms with van der Waals surface area (Å²) in [4.78, 5) is 0. The second-order valence-corrected chi connectivity index (χ2v) is 3.62. The Kier molecular flexibility index (Phi) is 4.22. The van der Waals surface area contributed by atoms with Gasteiger partial charge in [0.15, 0.2) is 5.82 Å². The molecule has 0 radical (unpaired) electrons. The molecule has 1 unspecified atom stereocenters. The summed E-state index contributed by atoms with van der Waals surface area (Å²) >= 11 is 0. The Bertz CT molecular complexity index is 320. The number of aromatic nitrogens is 4. The van der Waals surface area contributed by atoms with Crippen molar-refractivity contribution in [2.24, 2.45) is 5.73 Å². The first kappa shape index (κ1) is 12.9. The minimum absolute atomic E-state index is 0.0712. The summed E-state index contributed by atoms with van der Waals surface area (Å²) in [7, 11) is 0. The van der Waals surface area contributed by atoms with Gasteiger partial charge in [0.1, 0.15) is 0 Å². The number of aryl methyl sites for hydroxylation is 1. The van der Waals surface area contributed by atoms with Crippen LogP contribution in [0, 0.1) is 0 Å². The molecule has 1 heterocycles. The van der Waals surface area contributed by atoms with Crippen molar-refractivity contribution in [3.05, 3.63) is 5.82 Å². The highest BCUT2D eigenvalue weighted by Gasteiger charge is 2.25. The van der Waals surface area contributed by atoms with Gasteiger partial charge in [-0.15, -0.1) is 5.10 Å². The van der Waals surface area contributed by atoms with E-state index in [1.165, 1.54) is 4.68 Å². The van der Waals surface area contributed by atoms with Crippen LogP contribution in [0.25, 0.3) is 0 Å². The molecule has 1 rings (SSSR count). The third-order valence-electron chi connectivity index (χ3n) is 2.05. The molecule has 1 atom stereocenters. The Morgan fingerprint density at radius 3 is 2.62 bits per heavy atom. The van der Waals surface area contributed by atoms with E-state index in [1.54, 1.807) is 6.92 Å². The van der Waals surface area contributed by atoms with Crippen LogP contribution in [0.3, 0.4) is 0 Å². The molecule has 0 aliphatic heterocycles. The van der Waals surface area contributed by atoms with E-state index in [0.29, 0.717) is 18.8 Å². The summed E-state index contributed by atoms with van der Waals surface area (Å²) < 4.78 is 37.0. The number of unbranched alkanes of at least 4 members (excludes halogenated alkanes) is 1. The maximum Gasteiger partial charge on any atom is 0.389 e. The van der Waals surface area contributed by atoms with E-state index >= 15 is 0 Å². The molecule has 16 heavy (non-hydrogen) atoms. The highest BCUT2D eigenvalue weighted by molar-refractivity contribution is 4.87. The van der Waals surface area contributed by atoms with Crippen molar-refractivity contribution in [3.8, 4) is 0 Å². The number of alkyl halides is 3. The lowest BCUT2D eigenvalue weighted by molar-refractivity contribution is -0.135. The quantitative estimate of drug-likeness (QED) is 0.786. The number of hydrogen-bond donors (Lipinski definition) is 1. The average Bonchev–Trinajstić information content (AvgIpc) is 2.58. The van der Waals surface area contributed by atoms with Gasteiger partial charge in [0, 0.05) is 13.0 Å². The van der Waals surface area contributed by atoms with Gasteiger partial charge in [-0.05, 0) is 30.2 Å². The van der Waals surface area contributed by atoms with Crippen LogP contribution >= 0.6 is 0 Å². The number of hydrogen-bond acceptors (Lipinski definition) is 4. The molecule has 0 amide bonds. The lowest BCUT2D eigenvalue weighted by Gasteiger charge is -2.08. The van der Waals surface area contributed by atoms with Gasteiger partial charge in [0.05, 0.1) is 6.04 Å². The maximum atomic E-state index is 11.9. The van der Waals surface area contributed by atoms with E-state index in [4.69, 9.17) is 5.73 Å². The summed E-state index contributed by atoms with van der Waals surface area (Å²) in [5, 5.41) is 10.8. The fourth-order valence-electron chi connectivity index (χ4n) is 1.28. The number of halogens is 3. The van der Waals surface area contributed by atoms with Crippen molar-refractivity contribution < 1.29 is 13.2 Å². The van der Waals surface area contributed by atoms with Crippen LogP contribution in [0.2, 0.25) is 0 Å². The number of nitrogens with two attached hydrogens (primary N) is 1. The van der Waals surface area contributed by atoms with Gasteiger partial charge in [0.2, 0.25) is 0 Å². The summed E-state index contributed by atoms with van der Waals surface area (Å²) in [5.41, 5.74) is 5.59. The Labute approximate surface area is 90.8 Å². The maximum absolute atomic E-state index is 11.9. The average molecular weight is 237 g/mol. The first-order valence-electron chi connectivity index (χ1n) is 4.98. The summed E-state index contributed by atoms with van der Waals surface area (Å²) in [6.07, 6.45) is -4.42. The van der Waals surface area contributed by atoms with Gasteiger partial charge in [-0.3, -0.25) is 0 Å². The van der Waals surface area contributed by atoms with Crippen molar-refractivity contribution in [1.82, 2.24) is 20.2 Å². The lowest BCUT2D eigenvalue weighted by atomic mass is 10.2. The molecule has 0 spiro atoms. The summed E-state index contributed by atoms with van der Waals surface area (Å²) in [6.45, 7) is 2.08. The van der Waals surface area contributed by atoms with E-state index in [0.717, 1.165) is 0 Å². The second kappa shape index (κ2) is 5.24. The fraction of sp³-hybridized carbons (Fsp3) is 0.875.